The van der Waals surface area contributed by atoms with Crippen LogP contribution in [0.25, 0.3) is 10.9 Å². The number of nitrogens with zero attached hydrogens (tertiary/aromatic N) is 4. The maximum absolute atomic E-state index is 12.6. The SMILES string of the molecule is O=C(NC1CCC(CCN2CCN(c3nccc4c3OCC4)CC2)CC1)Oc1ccnc2ccccc12. The van der Waals surface area contributed by atoms with Crippen LogP contribution in [0.2, 0.25) is 0 Å². The second-order valence-electron chi connectivity index (χ2n) is 10.4. The third-order valence-corrected chi connectivity index (χ3v) is 8.09. The zero-order chi connectivity index (χ0) is 25.0. The van der Waals surface area contributed by atoms with Gasteiger partial charge in [-0.25, -0.2) is 9.78 Å². The number of hydrogen-bond acceptors (Lipinski definition) is 7. The summed E-state index contributed by atoms with van der Waals surface area (Å²) in [5.74, 6) is 3.30. The molecule has 0 bridgehead atoms. The van der Waals surface area contributed by atoms with Crippen LogP contribution < -0.4 is 19.7 Å². The molecule has 1 N–H and O–H groups in total. The average molecular weight is 502 g/mol. The van der Waals surface area contributed by atoms with E-state index in [1.807, 2.05) is 30.5 Å². The zero-order valence-corrected chi connectivity index (χ0v) is 21.3. The van der Waals surface area contributed by atoms with E-state index in [0.717, 1.165) is 99.8 Å². The number of ether oxygens (including phenoxy) is 2. The van der Waals surface area contributed by atoms with Gasteiger partial charge in [0.15, 0.2) is 11.6 Å². The number of aromatic nitrogens is 2. The molecule has 194 valence electrons. The summed E-state index contributed by atoms with van der Waals surface area (Å²) < 4.78 is 11.5. The third kappa shape index (κ3) is 5.49. The fourth-order valence-corrected chi connectivity index (χ4v) is 5.92. The molecular weight excluding hydrogens is 466 g/mol. The van der Waals surface area contributed by atoms with Gasteiger partial charge < -0.3 is 19.7 Å². The first kappa shape index (κ1) is 24.0. The van der Waals surface area contributed by atoms with Crippen LogP contribution in [0.1, 0.15) is 37.7 Å². The van der Waals surface area contributed by atoms with Crippen LogP contribution >= 0.6 is 0 Å². The van der Waals surface area contributed by atoms with Crippen LogP contribution in [0.4, 0.5) is 10.6 Å². The van der Waals surface area contributed by atoms with Gasteiger partial charge in [-0.3, -0.25) is 9.88 Å². The minimum absolute atomic E-state index is 0.183. The van der Waals surface area contributed by atoms with E-state index >= 15 is 0 Å². The Labute approximate surface area is 218 Å². The Morgan fingerprint density at radius 2 is 1.81 bits per heavy atom. The van der Waals surface area contributed by atoms with Gasteiger partial charge in [0.2, 0.25) is 0 Å². The number of piperazine rings is 1. The number of benzene rings is 1. The van der Waals surface area contributed by atoms with Crippen LogP contribution in [0.15, 0.2) is 48.8 Å². The highest BCUT2D eigenvalue weighted by molar-refractivity contribution is 5.87. The second kappa shape index (κ2) is 10.9. The first-order chi connectivity index (χ1) is 18.2. The quantitative estimate of drug-likeness (QED) is 0.535. The van der Waals surface area contributed by atoms with Crippen LogP contribution in [-0.2, 0) is 6.42 Å². The van der Waals surface area contributed by atoms with Crippen LogP contribution in [0.3, 0.4) is 0 Å². The summed E-state index contributed by atoms with van der Waals surface area (Å²) >= 11 is 0. The number of para-hydroxylation sites is 1. The lowest BCUT2D eigenvalue weighted by Crippen LogP contribution is -2.47. The van der Waals surface area contributed by atoms with E-state index in [1.165, 1.54) is 12.0 Å². The standard InChI is InChI=1S/C29H35N5O3/c35-29(37-26-10-14-30-25-4-2-1-3-24(25)26)32-23-7-5-21(6-8-23)11-15-33-16-18-34(19-17-33)28-27-22(9-13-31-28)12-20-36-27/h1-4,9-10,13-14,21,23H,5-8,11-12,15-20H2,(H,32,35). The van der Waals surface area contributed by atoms with Gasteiger partial charge in [-0.05, 0) is 68.8 Å². The molecule has 0 unspecified atom stereocenters. The van der Waals surface area contributed by atoms with Gasteiger partial charge in [0.25, 0.3) is 0 Å². The summed E-state index contributed by atoms with van der Waals surface area (Å²) in [6.07, 6.45) is 9.76. The molecule has 2 aromatic heterocycles. The molecule has 8 heteroatoms. The van der Waals surface area contributed by atoms with Gasteiger partial charge in [-0.1, -0.05) is 12.1 Å². The van der Waals surface area contributed by atoms with Crippen molar-refractivity contribution in [3.63, 3.8) is 0 Å². The molecule has 6 rings (SSSR count). The van der Waals surface area contributed by atoms with Crippen molar-refractivity contribution in [1.29, 1.82) is 0 Å². The topological polar surface area (TPSA) is 79.8 Å². The summed E-state index contributed by atoms with van der Waals surface area (Å²) in [4.78, 5) is 26.5. The fraction of sp³-hybridized carbons (Fsp3) is 0.483. The summed E-state index contributed by atoms with van der Waals surface area (Å²) in [7, 11) is 0. The second-order valence-corrected chi connectivity index (χ2v) is 10.4. The molecule has 1 saturated heterocycles. The van der Waals surface area contributed by atoms with Crippen molar-refractivity contribution >= 4 is 22.8 Å². The predicted octanol–water partition coefficient (Wildman–Crippen LogP) is 4.42. The Morgan fingerprint density at radius 3 is 2.68 bits per heavy atom. The van der Waals surface area contributed by atoms with Crippen molar-refractivity contribution in [2.24, 2.45) is 5.92 Å². The van der Waals surface area contributed by atoms with E-state index in [4.69, 9.17) is 9.47 Å². The van der Waals surface area contributed by atoms with Crippen LogP contribution in [0.5, 0.6) is 11.5 Å². The molecule has 3 aliphatic rings. The largest absolute Gasteiger partial charge is 0.489 e. The van der Waals surface area contributed by atoms with Crippen LogP contribution in [-0.4, -0.2) is 66.3 Å². The summed E-state index contributed by atoms with van der Waals surface area (Å²) in [6.45, 7) is 6.05. The number of carbonyl (C=O) groups excluding carboxylic acids is 1. The highest BCUT2D eigenvalue weighted by Gasteiger charge is 2.27. The van der Waals surface area contributed by atoms with E-state index < -0.39 is 0 Å². The molecule has 2 aliphatic heterocycles. The van der Waals surface area contributed by atoms with Crippen molar-refractivity contribution in [2.45, 2.75) is 44.6 Å². The minimum Gasteiger partial charge on any atom is -0.489 e. The number of fused-ring (bicyclic) bond motifs is 2. The van der Waals surface area contributed by atoms with E-state index in [-0.39, 0.29) is 12.1 Å². The van der Waals surface area contributed by atoms with E-state index in [2.05, 4.69) is 31.2 Å². The van der Waals surface area contributed by atoms with Crippen molar-refractivity contribution in [3.8, 4) is 11.5 Å². The van der Waals surface area contributed by atoms with Crippen molar-refractivity contribution < 1.29 is 14.3 Å². The Bertz CT molecular complexity index is 1230. The summed E-state index contributed by atoms with van der Waals surface area (Å²) in [6, 6.07) is 11.7. The third-order valence-electron chi connectivity index (χ3n) is 8.09. The van der Waals surface area contributed by atoms with Crippen molar-refractivity contribution in [3.05, 3.63) is 54.4 Å². The van der Waals surface area contributed by atoms with Gasteiger partial charge in [0.05, 0.1) is 12.1 Å². The molecule has 1 aliphatic carbocycles. The average Bonchev–Trinajstić information content (AvgIpc) is 3.43. The predicted molar refractivity (Wildman–Crippen MR) is 143 cm³/mol. The van der Waals surface area contributed by atoms with Crippen molar-refractivity contribution in [1.82, 2.24) is 20.2 Å². The highest BCUT2D eigenvalue weighted by atomic mass is 16.6. The molecule has 8 nitrogen and oxygen atoms in total. The van der Waals surface area contributed by atoms with Gasteiger partial charge in [0, 0.05) is 62.0 Å². The van der Waals surface area contributed by atoms with Crippen LogP contribution in [0, 0.1) is 5.92 Å². The zero-order valence-electron chi connectivity index (χ0n) is 21.3. The minimum atomic E-state index is -0.373. The Morgan fingerprint density at radius 1 is 1.00 bits per heavy atom. The normalized spacial score (nSPS) is 21.9. The van der Waals surface area contributed by atoms with Gasteiger partial charge in [-0.15, -0.1) is 0 Å². The molecule has 1 amide bonds. The van der Waals surface area contributed by atoms with E-state index in [0.29, 0.717) is 5.75 Å². The van der Waals surface area contributed by atoms with E-state index in [9.17, 15) is 4.79 Å². The molecule has 1 saturated carbocycles. The monoisotopic (exact) mass is 501 g/mol. The molecule has 37 heavy (non-hydrogen) atoms. The van der Waals surface area contributed by atoms with Gasteiger partial charge in [-0.2, -0.15) is 0 Å². The number of nitrogens with one attached hydrogen (secondary N) is 1. The number of pyridine rings is 2. The number of anilines is 1. The smallest absolute Gasteiger partial charge is 0.412 e. The molecule has 3 aromatic rings. The summed E-state index contributed by atoms with van der Waals surface area (Å²) in [5, 5.41) is 3.93. The molecule has 4 heterocycles. The van der Waals surface area contributed by atoms with Gasteiger partial charge in [0.1, 0.15) is 5.75 Å². The first-order valence-electron chi connectivity index (χ1n) is 13.6. The van der Waals surface area contributed by atoms with E-state index in [1.54, 1.807) is 12.3 Å². The lowest BCUT2D eigenvalue weighted by molar-refractivity contribution is 0.183. The highest BCUT2D eigenvalue weighted by Crippen LogP contribution is 2.34. The molecular formula is C29H35N5O3. The maximum atomic E-state index is 12.6. The Kier molecular flexibility index (Phi) is 7.08. The molecule has 0 spiro atoms. The molecule has 0 atom stereocenters. The van der Waals surface area contributed by atoms with Gasteiger partial charge >= 0.3 is 6.09 Å². The Balaban J connectivity index is 0.915. The summed E-state index contributed by atoms with van der Waals surface area (Å²) in [5.41, 5.74) is 2.11. The number of amides is 1. The number of rotatable bonds is 6. The molecule has 2 fully saturated rings. The molecule has 0 radical (unpaired) electrons. The Hall–Kier alpha value is -3.39. The number of carbonyl (C=O) groups is 1. The maximum Gasteiger partial charge on any atom is 0.412 e. The first-order valence-corrected chi connectivity index (χ1v) is 13.6. The molecule has 1 aromatic carbocycles. The van der Waals surface area contributed by atoms with Crippen molar-refractivity contribution in [2.75, 3.05) is 44.2 Å². The lowest BCUT2D eigenvalue weighted by atomic mass is 9.84. The fourth-order valence-electron chi connectivity index (χ4n) is 5.92. The number of hydrogen-bond donors (Lipinski definition) is 1. The lowest BCUT2D eigenvalue weighted by Gasteiger charge is -2.37.